The Bertz CT molecular complexity index is 186. The van der Waals surface area contributed by atoms with E-state index in [0.717, 1.165) is 6.54 Å². The first-order valence-corrected chi connectivity index (χ1v) is 8.62. The van der Waals surface area contributed by atoms with Crippen molar-refractivity contribution in [1.82, 2.24) is 5.32 Å². The van der Waals surface area contributed by atoms with Gasteiger partial charge in [0.05, 0.1) is 0 Å². The van der Waals surface area contributed by atoms with Gasteiger partial charge in [-0.3, -0.25) is 0 Å². The monoisotopic (exact) mass is 266 g/mol. The van der Waals surface area contributed by atoms with Crippen molar-refractivity contribution in [1.29, 1.82) is 0 Å². The van der Waals surface area contributed by atoms with E-state index in [-0.39, 0.29) is 0 Å². The van der Waals surface area contributed by atoms with Crippen molar-refractivity contribution in [2.24, 2.45) is 0 Å². The molecule has 1 heteroatoms. The van der Waals surface area contributed by atoms with E-state index in [4.69, 9.17) is 0 Å². The fourth-order valence-corrected chi connectivity index (χ4v) is 2.17. The quantitative estimate of drug-likeness (QED) is 0.276. The van der Waals surface area contributed by atoms with E-state index in [1.165, 1.54) is 70.6 Å². The Labute approximate surface area is 122 Å². The van der Waals surface area contributed by atoms with Gasteiger partial charge in [-0.25, -0.2) is 5.32 Å². The number of hydrogen-bond acceptors (Lipinski definition) is 0. The van der Waals surface area contributed by atoms with Gasteiger partial charge in [-0.15, -0.1) is 0 Å². The molecule has 0 aromatic heterocycles. The lowest BCUT2D eigenvalue weighted by Gasteiger charge is -2.10. The third-order valence-electron chi connectivity index (χ3n) is 3.59. The van der Waals surface area contributed by atoms with Crippen LogP contribution < -0.4 is 5.32 Å². The molecule has 1 unspecified atom stereocenters. The van der Waals surface area contributed by atoms with Crippen LogP contribution in [0.3, 0.4) is 0 Å². The molecule has 0 saturated heterocycles. The number of allylic oxidation sites excluding steroid dienone is 2. The summed E-state index contributed by atoms with van der Waals surface area (Å²) in [6, 6.07) is 0.584. The summed E-state index contributed by atoms with van der Waals surface area (Å²) < 4.78 is 0. The largest absolute Gasteiger partial charge is 0.239 e. The van der Waals surface area contributed by atoms with Crippen molar-refractivity contribution in [2.45, 2.75) is 97.4 Å². The van der Waals surface area contributed by atoms with Crippen molar-refractivity contribution < 1.29 is 0 Å². The zero-order chi connectivity index (χ0) is 14.2. The average Bonchev–Trinajstić information content (AvgIpc) is 2.41. The molecule has 0 saturated carbocycles. The number of hydrogen-bond donors (Lipinski definition) is 0. The molecular formula is C18H36N. The van der Waals surface area contributed by atoms with Gasteiger partial charge in [0.1, 0.15) is 0 Å². The van der Waals surface area contributed by atoms with E-state index in [0.29, 0.717) is 6.04 Å². The predicted octanol–water partition coefficient (Wildman–Crippen LogP) is 5.87. The Morgan fingerprint density at radius 1 is 0.789 bits per heavy atom. The van der Waals surface area contributed by atoms with E-state index in [1.807, 2.05) is 0 Å². The highest BCUT2D eigenvalue weighted by atomic mass is 14.9. The lowest BCUT2D eigenvalue weighted by Crippen LogP contribution is -2.19. The van der Waals surface area contributed by atoms with Crippen molar-refractivity contribution in [3.63, 3.8) is 0 Å². The van der Waals surface area contributed by atoms with Crippen molar-refractivity contribution >= 4 is 0 Å². The Morgan fingerprint density at radius 2 is 1.42 bits per heavy atom. The summed E-state index contributed by atoms with van der Waals surface area (Å²) in [5, 5.41) is 4.68. The topological polar surface area (TPSA) is 14.1 Å². The molecule has 0 aliphatic heterocycles. The lowest BCUT2D eigenvalue weighted by molar-refractivity contribution is 0.467. The molecule has 0 N–H and O–H groups in total. The summed E-state index contributed by atoms with van der Waals surface area (Å²) in [7, 11) is 0. The Morgan fingerprint density at radius 3 is 2.11 bits per heavy atom. The molecule has 0 fully saturated rings. The van der Waals surface area contributed by atoms with Crippen molar-refractivity contribution in [3.8, 4) is 0 Å². The number of rotatable bonds is 14. The molecule has 1 atom stereocenters. The summed E-state index contributed by atoms with van der Waals surface area (Å²) >= 11 is 0. The van der Waals surface area contributed by atoms with Gasteiger partial charge >= 0.3 is 0 Å². The highest BCUT2D eigenvalue weighted by Gasteiger charge is 2.01. The fourth-order valence-electron chi connectivity index (χ4n) is 2.17. The van der Waals surface area contributed by atoms with E-state index < -0.39 is 0 Å². The van der Waals surface area contributed by atoms with Crippen molar-refractivity contribution in [3.05, 3.63) is 12.2 Å². The molecular weight excluding hydrogens is 230 g/mol. The van der Waals surface area contributed by atoms with Gasteiger partial charge in [0.2, 0.25) is 0 Å². The van der Waals surface area contributed by atoms with Crippen LogP contribution >= 0.6 is 0 Å². The molecule has 113 valence electrons. The van der Waals surface area contributed by atoms with E-state index in [2.05, 4.69) is 38.2 Å². The molecule has 0 spiro atoms. The maximum atomic E-state index is 4.68. The molecule has 0 bridgehead atoms. The third-order valence-corrected chi connectivity index (χ3v) is 3.59. The second-order valence-corrected chi connectivity index (χ2v) is 5.71. The van der Waals surface area contributed by atoms with Crippen LogP contribution in [0.25, 0.3) is 0 Å². The third kappa shape index (κ3) is 15.6. The number of nitrogens with zero attached hydrogens (tertiary/aromatic N) is 1. The van der Waals surface area contributed by atoms with E-state index in [9.17, 15) is 0 Å². The van der Waals surface area contributed by atoms with Crippen LogP contribution in [-0.4, -0.2) is 12.6 Å². The van der Waals surface area contributed by atoms with Gasteiger partial charge in [-0.2, -0.15) is 0 Å². The van der Waals surface area contributed by atoms with Gasteiger partial charge in [0, 0.05) is 12.6 Å². The van der Waals surface area contributed by atoms with Crippen LogP contribution in [-0.2, 0) is 0 Å². The number of unbranched alkanes of at least 4 members (excludes halogenated alkanes) is 7. The first kappa shape index (κ1) is 18.7. The van der Waals surface area contributed by atoms with Gasteiger partial charge in [0.25, 0.3) is 0 Å². The van der Waals surface area contributed by atoms with Gasteiger partial charge in [0.15, 0.2) is 0 Å². The van der Waals surface area contributed by atoms with Crippen LogP contribution in [0.1, 0.15) is 91.4 Å². The molecule has 1 radical (unpaired) electrons. The first-order chi connectivity index (χ1) is 9.31. The standard InChI is InChI=1S/C18H36N/c1-4-6-8-9-10-11-12-13-14-15-16-18(3)19-17-7-5-2/h9-10,18H,4-8,11-17H2,1-3H3. The Hall–Kier alpha value is -0.300. The van der Waals surface area contributed by atoms with Gasteiger partial charge in [-0.1, -0.05) is 64.5 Å². The molecule has 0 aromatic carbocycles. The summed E-state index contributed by atoms with van der Waals surface area (Å²) in [4.78, 5) is 0. The van der Waals surface area contributed by atoms with Crippen LogP contribution in [0.5, 0.6) is 0 Å². The first-order valence-electron chi connectivity index (χ1n) is 8.62. The molecule has 0 amide bonds. The van der Waals surface area contributed by atoms with Crippen LogP contribution in [0.2, 0.25) is 0 Å². The smallest absolute Gasteiger partial charge is 0.0217 e. The molecule has 0 aliphatic carbocycles. The van der Waals surface area contributed by atoms with E-state index >= 15 is 0 Å². The lowest BCUT2D eigenvalue weighted by atomic mass is 10.1. The summed E-state index contributed by atoms with van der Waals surface area (Å²) in [5.41, 5.74) is 0. The second kappa shape index (κ2) is 15.8. The van der Waals surface area contributed by atoms with Crippen molar-refractivity contribution in [2.75, 3.05) is 6.54 Å². The fraction of sp³-hybridized carbons (Fsp3) is 0.889. The maximum absolute atomic E-state index is 4.68. The SMILES string of the molecule is CCCCC=CCCCCCCC(C)[N]CCCC. The zero-order valence-electron chi connectivity index (χ0n) is 13.7. The van der Waals surface area contributed by atoms with E-state index in [1.54, 1.807) is 0 Å². The zero-order valence-corrected chi connectivity index (χ0v) is 13.7. The minimum absolute atomic E-state index is 0.584. The highest BCUT2D eigenvalue weighted by Crippen LogP contribution is 2.09. The normalized spacial score (nSPS) is 13.2. The van der Waals surface area contributed by atoms with Crippen LogP contribution in [0.15, 0.2) is 12.2 Å². The summed E-state index contributed by atoms with van der Waals surface area (Å²) in [6.45, 7) is 7.83. The molecule has 0 aromatic rings. The average molecular weight is 266 g/mol. The molecule has 0 heterocycles. The minimum atomic E-state index is 0.584. The van der Waals surface area contributed by atoms with Gasteiger partial charge < -0.3 is 0 Å². The predicted molar refractivity (Wildman–Crippen MR) is 87.7 cm³/mol. The molecule has 19 heavy (non-hydrogen) atoms. The minimum Gasteiger partial charge on any atom is -0.239 e. The van der Waals surface area contributed by atoms with Crippen LogP contribution in [0.4, 0.5) is 0 Å². The molecule has 0 rings (SSSR count). The molecule has 0 aliphatic rings. The highest BCUT2D eigenvalue weighted by molar-refractivity contribution is 4.81. The molecule has 1 nitrogen and oxygen atoms in total. The Kier molecular flexibility index (Phi) is 15.5. The summed E-state index contributed by atoms with van der Waals surface area (Å²) in [6.07, 6.45) is 19.2. The second-order valence-electron chi connectivity index (χ2n) is 5.71. The Balaban J connectivity index is 3.15. The van der Waals surface area contributed by atoms with Gasteiger partial charge in [-0.05, 0) is 39.0 Å². The maximum Gasteiger partial charge on any atom is 0.0217 e. The van der Waals surface area contributed by atoms with Crippen LogP contribution in [0, 0.1) is 0 Å². The summed E-state index contributed by atoms with van der Waals surface area (Å²) in [5.74, 6) is 0.